The van der Waals surface area contributed by atoms with Gasteiger partial charge in [-0.1, -0.05) is 0 Å². The van der Waals surface area contributed by atoms with Gasteiger partial charge in [-0.2, -0.15) is 0 Å². The lowest BCUT2D eigenvalue weighted by Crippen LogP contribution is -3.06. The molecule has 0 aromatic rings. The number of quaternary nitrogens is 1. The van der Waals surface area contributed by atoms with E-state index in [2.05, 4.69) is 10.3 Å². The minimum Gasteiger partial charge on any atom is -0.338 e. The van der Waals surface area contributed by atoms with Crippen LogP contribution < -0.4 is 10.2 Å². The van der Waals surface area contributed by atoms with Crippen molar-refractivity contribution < 1.29 is 19.3 Å². The Morgan fingerprint density at radius 3 is 2.65 bits per heavy atom. The summed E-state index contributed by atoms with van der Waals surface area (Å²) >= 11 is 0. The Kier molecular flexibility index (Phi) is 4.33. The lowest BCUT2D eigenvalue weighted by Gasteiger charge is -2.24. The Balaban J connectivity index is 2.60. The number of urea groups is 1. The summed E-state index contributed by atoms with van der Waals surface area (Å²) < 4.78 is 0. The minimum atomic E-state index is -0.991. The molecule has 1 heterocycles. The molecule has 0 unspecified atom stereocenters. The number of likely N-dealkylation sites (N-methyl/N-ethyl adjacent to an activating group) is 1. The van der Waals surface area contributed by atoms with Crippen LogP contribution in [0.1, 0.15) is 0 Å². The lowest BCUT2D eigenvalue weighted by atomic mass is 10.1. The fourth-order valence-corrected chi connectivity index (χ4v) is 1.29. The van der Waals surface area contributed by atoms with Gasteiger partial charge in [0.1, 0.15) is 0 Å². The molecule has 0 saturated carbocycles. The number of amides is 4. The van der Waals surface area contributed by atoms with E-state index >= 15 is 0 Å². The van der Waals surface area contributed by atoms with E-state index in [-0.39, 0.29) is 0 Å². The predicted octanol–water partition coefficient (Wildman–Crippen LogP) is -2.47. The van der Waals surface area contributed by atoms with Gasteiger partial charge >= 0.3 is 6.03 Å². The molecule has 7 heteroatoms. The molecule has 0 spiro atoms. The zero-order valence-electron chi connectivity index (χ0n) is 10.2. The number of barbiturate groups is 1. The molecule has 7 nitrogen and oxygen atoms in total. The van der Waals surface area contributed by atoms with E-state index in [1.165, 1.54) is 18.2 Å². The van der Waals surface area contributed by atoms with Gasteiger partial charge < -0.3 is 4.90 Å². The number of carbonyl (C=O) groups is 3. The summed E-state index contributed by atoms with van der Waals surface area (Å²) in [6.07, 6.45) is 1.31. The van der Waals surface area contributed by atoms with Gasteiger partial charge in [-0.15, -0.1) is 0 Å². The van der Waals surface area contributed by atoms with Gasteiger partial charge in [0.25, 0.3) is 0 Å². The third-order valence-electron chi connectivity index (χ3n) is 2.41. The number of nitrogens with one attached hydrogen (secondary N) is 2. The number of aliphatic imine (C=N–C) groups is 1. The first kappa shape index (κ1) is 13.3. The van der Waals surface area contributed by atoms with Crippen molar-refractivity contribution in [3.05, 3.63) is 0 Å². The molecule has 4 amide bonds. The molecule has 17 heavy (non-hydrogen) atoms. The highest BCUT2D eigenvalue weighted by Gasteiger charge is 2.37. The summed E-state index contributed by atoms with van der Waals surface area (Å²) in [7, 11) is 5.30. The van der Waals surface area contributed by atoms with Gasteiger partial charge in [0, 0.05) is 13.3 Å². The van der Waals surface area contributed by atoms with Crippen molar-refractivity contribution in [3.8, 4) is 0 Å². The van der Waals surface area contributed by atoms with Gasteiger partial charge in [-0.05, 0) is 0 Å². The number of nitrogens with zero attached hydrogens (tertiary/aromatic N) is 2. The van der Waals surface area contributed by atoms with Crippen molar-refractivity contribution in [1.29, 1.82) is 0 Å². The van der Waals surface area contributed by atoms with E-state index in [4.69, 9.17) is 0 Å². The number of rotatable bonds is 4. The van der Waals surface area contributed by atoms with Crippen molar-refractivity contribution in [3.63, 3.8) is 0 Å². The quantitative estimate of drug-likeness (QED) is 0.422. The van der Waals surface area contributed by atoms with Crippen molar-refractivity contribution in [2.75, 3.05) is 34.2 Å². The summed E-state index contributed by atoms with van der Waals surface area (Å²) in [4.78, 5) is 40.3. The van der Waals surface area contributed by atoms with E-state index in [1.807, 2.05) is 14.1 Å². The summed E-state index contributed by atoms with van der Waals surface area (Å²) in [5.74, 6) is -2.14. The topological polar surface area (TPSA) is 83.3 Å². The van der Waals surface area contributed by atoms with Crippen LogP contribution in [0.3, 0.4) is 0 Å². The Morgan fingerprint density at radius 2 is 2.06 bits per heavy atom. The molecular weight excluding hydrogens is 224 g/mol. The first-order valence-electron chi connectivity index (χ1n) is 5.35. The highest BCUT2D eigenvalue weighted by molar-refractivity contribution is 6.23. The zero-order chi connectivity index (χ0) is 13.0. The standard InChI is InChI=1S/C10H16N4O3/c1-13(2)5-4-11-6-7-8(15)12-10(17)14(3)9(7)16/h6-7H,4-5H2,1-3H3,(H,12,15,17)/p+1/t7-/m1/s1. The molecule has 0 bridgehead atoms. The van der Waals surface area contributed by atoms with E-state index in [0.717, 1.165) is 11.4 Å². The highest BCUT2D eigenvalue weighted by Crippen LogP contribution is 2.06. The molecule has 0 radical (unpaired) electrons. The van der Waals surface area contributed by atoms with Crippen molar-refractivity contribution >= 4 is 24.1 Å². The van der Waals surface area contributed by atoms with Crippen LogP contribution in [-0.2, 0) is 9.59 Å². The van der Waals surface area contributed by atoms with Crippen LogP contribution in [0, 0.1) is 5.92 Å². The highest BCUT2D eigenvalue weighted by atomic mass is 16.2. The van der Waals surface area contributed by atoms with Crippen LogP contribution >= 0.6 is 0 Å². The second-order valence-electron chi connectivity index (χ2n) is 4.18. The second-order valence-corrected chi connectivity index (χ2v) is 4.18. The maximum absolute atomic E-state index is 11.6. The Bertz CT molecular complexity index is 365. The van der Waals surface area contributed by atoms with Gasteiger partial charge in [0.2, 0.25) is 11.8 Å². The summed E-state index contributed by atoms with van der Waals surface area (Å²) in [6.45, 7) is 1.35. The lowest BCUT2D eigenvalue weighted by molar-refractivity contribution is -0.856. The van der Waals surface area contributed by atoms with Gasteiger partial charge in [-0.3, -0.25) is 24.8 Å². The Hall–Kier alpha value is -1.76. The summed E-state index contributed by atoms with van der Waals surface area (Å²) in [6, 6.07) is -0.692. The van der Waals surface area contributed by atoms with Gasteiger partial charge in [0.15, 0.2) is 5.92 Å². The third-order valence-corrected chi connectivity index (χ3v) is 2.41. The predicted molar refractivity (Wildman–Crippen MR) is 60.8 cm³/mol. The van der Waals surface area contributed by atoms with E-state index in [1.54, 1.807) is 0 Å². The largest absolute Gasteiger partial charge is 0.338 e. The second kappa shape index (κ2) is 5.53. The average Bonchev–Trinajstić information content (AvgIpc) is 2.24. The maximum atomic E-state index is 11.6. The number of hydrogen-bond acceptors (Lipinski definition) is 4. The fraction of sp³-hybridized carbons (Fsp3) is 0.600. The third kappa shape index (κ3) is 3.35. The maximum Gasteiger partial charge on any atom is 0.330 e. The molecule has 1 atom stereocenters. The fourth-order valence-electron chi connectivity index (χ4n) is 1.29. The number of imide groups is 2. The van der Waals surface area contributed by atoms with Crippen LogP contribution in [0.25, 0.3) is 0 Å². The van der Waals surface area contributed by atoms with Crippen LogP contribution in [-0.4, -0.2) is 63.2 Å². The summed E-state index contributed by atoms with van der Waals surface area (Å²) in [5, 5.41) is 2.09. The first-order chi connectivity index (χ1) is 7.93. The normalized spacial score (nSPS) is 21.5. The monoisotopic (exact) mass is 241 g/mol. The molecule has 0 aromatic heterocycles. The molecule has 1 saturated heterocycles. The Morgan fingerprint density at radius 1 is 1.41 bits per heavy atom. The average molecular weight is 241 g/mol. The first-order valence-corrected chi connectivity index (χ1v) is 5.35. The van der Waals surface area contributed by atoms with Crippen molar-refractivity contribution in [1.82, 2.24) is 10.2 Å². The van der Waals surface area contributed by atoms with Gasteiger partial charge in [0.05, 0.1) is 27.2 Å². The molecule has 1 rings (SSSR count). The molecular formula is C10H17N4O3+. The van der Waals surface area contributed by atoms with Crippen LogP contribution in [0.15, 0.2) is 4.99 Å². The van der Waals surface area contributed by atoms with Crippen LogP contribution in [0.4, 0.5) is 4.79 Å². The van der Waals surface area contributed by atoms with Gasteiger partial charge in [-0.25, -0.2) is 4.79 Å². The molecule has 0 aromatic carbocycles. The molecule has 94 valence electrons. The van der Waals surface area contributed by atoms with E-state index in [9.17, 15) is 14.4 Å². The minimum absolute atomic E-state index is 0.539. The SMILES string of the molecule is CN1C(=O)NC(=O)[C@@H](C=NCC[NH+](C)C)C1=O. The molecule has 1 aliphatic rings. The van der Waals surface area contributed by atoms with Crippen molar-refractivity contribution in [2.24, 2.45) is 10.9 Å². The number of carbonyl (C=O) groups excluding carboxylic acids is 3. The van der Waals surface area contributed by atoms with Crippen molar-refractivity contribution in [2.45, 2.75) is 0 Å². The van der Waals surface area contributed by atoms with E-state index in [0.29, 0.717) is 6.54 Å². The van der Waals surface area contributed by atoms with Crippen LogP contribution in [0.2, 0.25) is 0 Å². The molecule has 2 N–H and O–H groups in total. The Labute approximate surface area is 99.5 Å². The smallest absolute Gasteiger partial charge is 0.330 e. The zero-order valence-corrected chi connectivity index (χ0v) is 10.2. The van der Waals surface area contributed by atoms with E-state index < -0.39 is 23.8 Å². The number of hydrogen-bond donors (Lipinski definition) is 2. The molecule has 1 aliphatic heterocycles. The van der Waals surface area contributed by atoms with Crippen LogP contribution in [0.5, 0.6) is 0 Å². The molecule has 0 aliphatic carbocycles. The molecule has 1 fully saturated rings. The summed E-state index contributed by atoms with van der Waals surface area (Å²) in [5.41, 5.74) is 0.